The standard InChI is InChI=1S/C16H30N4O/c17-16(21)14-4-8-19(9-5-14)10-13-3-7-20(11-13)12-15-2-1-6-18-15/h13-15,18H,1-12H2,(H2,17,21)/t13?,15-/m0/s1. The summed E-state index contributed by atoms with van der Waals surface area (Å²) in [5.74, 6) is 0.831. The van der Waals surface area contributed by atoms with Crippen molar-refractivity contribution in [3.63, 3.8) is 0 Å². The Morgan fingerprint density at radius 1 is 1.05 bits per heavy atom. The molecule has 3 aliphatic heterocycles. The average Bonchev–Trinajstić information content (AvgIpc) is 3.12. The number of nitrogens with two attached hydrogens (primary N) is 1. The van der Waals surface area contributed by atoms with E-state index < -0.39 is 0 Å². The van der Waals surface area contributed by atoms with Crippen molar-refractivity contribution in [3.05, 3.63) is 0 Å². The van der Waals surface area contributed by atoms with Gasteiger partial charge >= 0.3 is 0 Å². The third-order valence-electron chi connectivity index (χ3n) is 5.52. The number of carbonyl (C=O) groups is 1. The van der Waals surface area contributed by atoms with E-state index in [1.807, 2.05) is 0 Å². The molecule has 1 amide bonds. The summed E-state index contributed by atoms with van der Waals surface area (Å²) in [5.41, 5.74) is 5.40. The molecule has 0 saturated carbocycles. The molecule has 3 heterocycles. The summed E-state index contributed by atoms with van der Waals surface area (Å²) in [7, 11) is 0. The van der Waals surface area contributed by atoms with Gasteiger partial charge < -0.3 is 20.9 Å². The molecule has 21 heavy (non-hydrogen) atoms. The van der Waals surface area contributed by atoms with Crippen molar-refractivity contribution in [2.75, 3.05) is 45.8 Å². The SMILES string of the molecule is NC(=O)C1CCN(CC2CCN(C[C@@H]3CCCN3)C2)CC1. The average molecular weight is 294 g/mol. The maximum Gasteiger partial charge on any atom is 0.220 e. The minimum Gasteiger partial charge on any atom is -0.369 e. The monoisotopic (exact) mass is 294 g/mol. The first-order chi connectivity index (χ1) is 10.2. The number of nitrogens with zero attached hydrogens (tertiary/aromatic N) is 2. The quantitative estimate of drug-likeness (QED) is 0.763. The van der Waals surface area contributed by atoms with Gasteiger partial charge in [0, 0.05) is 31.6 Å². The number of carbonyl (C=O) groups excluding carboxylic acids is 1. The van der Waals surface area contributed by atoms with Crippen LogP contribution >= 0.6 is 0 Å². The summed E-state index contributed by atoms with van der Waals surface area (Å²) in [5, 5.41) is 3.60. The Morgan fingerprint density at radius 3 is 2.48 bits per heavy atom. The summed E-state index contributed by atoms with van der Waals surface area (Å²) >= 11 is 0. The van der Waals surface area contributed by atoms with Gasteiger partial charge in [0.1, 0.15) is 0 Å². The molecule has 3 rings (SSSR count). The van der Waals surface area contributed by atoms with Crippen LogP contribution < -0.4 is 11.1 Å². The first-order valence-corrected chi connectivity index (χ1v) is 8.68. The lowest BCUT2D eigenvalue weighted by atomic mass is 9.95. The zero-order chi connectivity index (χ0) is 14.7. The van der Waals surface area contributed by atoms with Gasteiger partial charge in [0.05, 0.1) is 0 Å². The highest BCUT2D eigenvalue weighted by Crippen LogP contribution is 2.22. The molecule has 0 aromatic heterocycles. The minimum atomic E-state index is -0.106. The van der Waals surface area contributed by atoms with Crippen molar-refractivity contribution in [1.82, 2.24) is 15.1 Å². The van der Waals surface area contributed by atoms with Gasteiger partial charge in [-0.05, 0) is 64.2 Å². The molecule has 0 aromatic carbocycles. The van der Waals surface area contributed by atoms with E-state index in [0.717, 1.165) is 37.9 Å². The number of hydrogen-bond donors (Lipinski definition) is 2. The van der Waals surface area contributed by atoms with Gasteiger partial charge in [-0.15, -0.1) is 0 Å². The van der Waals surface area contributed by atoms with E-state index in [2.05, 4.69) is 15.1 Å². The highest BCUT2D eigenvalue weighted by atomic mass is 16.1. The van der Waals surface area contributed by atoms with Gasteiger partial charge in [-0.1, -0.05) is 0 Å². The summed E-state index contributed by atoms with van der Waals surface area (Å²) in [6, 6.07) is 0.732. The molecule has 0 aliphatic carbocycles. The lowest BCUT2D eigenvalue weighted by Gasteiger charge is -2.32. The molecule has 3 saturated heterocycles. The van der Waals surface area contributed by atoms with Crippen LogP contribution in [0.4, 0.5) is 0 Å². The number of primary amides is 1. The Bertz CT molecular complexity index is 348. The summed E-state index contributed by atoms with van der Waals surface area (Å²) in [6.45, 7) is 8.27. The molecule has 2 atom stereocenters. The van der Waals surface area contributed by atoms with Crippen LogP contribution in [-0.2, 0) is 4.79 Å². The van der Waals surface area contributed by atoms with E-state index in [1.54, 1.807) is 0 Å². The highest BCUT2D eigenvalue weighted by molar-refractivity contribution is 5.76. The van der Waals surface area contributed by atoms with Crippen molar-refractivity contribution in [1.29, 1.82) is 0 Å². The normalized spacial score (nSPS) is 32.8. The van der Waals surface area contributed by atoms with Crippen molar-refractivity contribution >= 4 is 5.91 Å². The number of rotatable bonds is 5. The predicted octanol–water partition coefficient (Wildman–Crippen LogP) is 0.258. The third-order valence-corrected chi connectivity index (χ3v) is 5.52. The Balaban J connectivity index is 1.36. The molecule has 1 unspecified atom stereocenters. The van der Waals surface area contributed by atoms with E-state index in [9.17, 15) is 4.79 Å². The van der Waals surface area contributed by atoms with Crippen LogP contribution in [0.1, 0.15) is 32.1 Å². The maximum absolute atomic E-state index is 11.2. The number of hydrogen-bond acceptors (Lipinski definition) is 4. The Kier molecular flexibility index (Phi) is 5.14. The van der Waals surface area contributed by atoms with Crippen molar-refractivity contribution in [2.24, 2.45) is 17.6 Å². The first kappa shape index (κ1) is 15.3. The van der Waals surface area contributed by atoms with Crippen LogP contribution in [0, 0.1) is 11.8 Å². The van der Waals surface area contributed by atoms with Crippen LogP contribution in [-0.4, -0.2) is 67.6 Å². The molecule has 120 valence electrons. The summed E-state index contributed by atoms with van der Waals surface area (Å²) < 4.78 is 0. The van der Waals surface area contributed by atoms with E-state index >= 15 is 0 Å². The number of likely N-dealkylation sites (tertiary alicyclic amines) is 2. The van der Waals surface area contributed by atoms with Crippen LogP contribution in [0.2, 0.25) is 0 Å². The number of piperidine rings is 1. The minimum absolute atomic E-state index is 0.106. The van der Waals surface area contributed by atoms with Crippen molar-refractivity contribution < 1.29 is 4.79 Å². The Labute approximate surface area is 128 Å². The van der Waals surface area contributed by atoms with E-state index in [1.165, 1.54) is 52.0 Å². The molecule has 0 spiro atoms. The fraction of sp³-hybridized carbons (Fsp3) is 0.938. The second-order valence-electron chi connectivity index (χ2n) is 7.18. The molecular formula is C16H30N4O. The second kappa shape index (κ2) is 7.07. The van der Waals surface area contributed by atoms with Crippen molar-refractivity contribution in [2.45, 2.75) is 38.1 Å². The largest absolute Gasteiger partial charge is 0.369 e. The molecule has 0 aromatic rings. The summed E-state index contributed by atoms with van der Waals surface area (Å²) in [4.78, 5) is 16.4. The van der Waals surface area contributed by atoms with Crippen molar-refractivity contribution in [3.8, 4) is 0 Å². The maximum atomic E-state index is 11.2. The second-order valence-corrected chi connectivity index (χ2v) is 7.18. The van der Waals surface area contributed by atoms with Crippen LogP contribution in [0.25, 0.3) is 0 Å². The van der Waals surface area contributed by atoms with Crippen LogP contribution in [0.5, 0.6) is 0 Å². The van der Waals surface area contributed by atoms with Gasteiger partial charge in [0.2, 0.25) is 5.91 Å². The van der Waals surface area contributed by atoms with E-state index in [-0.39, 0.29) is 11.8 Å². The number of nitrogens with one attached hydrogen (secondary N) is 1. The van der Waals surface area contributed by atoms with Gasteiger partial charge in [0.25, 0.3) is 0 Å². The smallest absolute Gasteiger partial charge is 0.220 e. The van der Waals surface area contributed by atoms with E-state index in [0.29, 0.717) is 0 Å². The molecule has 3 aliphatic rings. The predicted molar refractivity (Wildman–Crippen MR) is 83.9 cm³/mol. The van der Waals surface area contributed by atoms with Crippen LogP contribution in [0.3, 0.4) is 0 Å². The van der Waals surface area contributed by atoms with E-state index in [4.69, 9.17) is 5.73 Å². The highest BCUT2D eigenvalue weighted by Gasteiger charge is 2.29. The molecular weight excluding hydrogens is 264 g/mol. The molecule has 0 bridgehead atoms. The van der Waals surface area contributed by atoms with Gasteiger partial charge in [-0.25, -0.2) is 0 Å². The first-order valence-electron chi connectivity index (χ1n) is 8.68. The molecule has 3 fully saturated rings. The molecule has 5 heteroatoms. The topological polar surface area (TPSA) is 61.6 Å². The Morgan fingerprint density at radius 2 is 1.81 bits per heavy atom. The van der Waals surface area contributed by atoms with Gasteiger partial charge in [-0.3, -0.25) is 4.79 Å². The zero-order valence-corrected chi connectivity index (χ0v) is 13.1. The molecule has 5 nitrogen and oxygen atoms in total. The number of amides is 1. The van der Waals surface area contributed by atoms with Gasteiger partial charge in [0.15, 0.2) is 0 Å². The molecule has 0 radical (unpaired) electrons. The van der Waals surface area contributed by atoms with Crippen LogP contribution in [0.15, 0.2) is 0 Å². The lowest BCUT2D eigenvalue weighted by Crippen LogP contribution is -2.41. The summed E-state index contributed by atoms with van der Waals surface area (Å²) in [6.07, 6.45) is 5.94. The molecule has 3 N–H and O–H groups in total. The fourth-order valence-corrected chi connectivity index (χ4v) is 4.22. The third kappa shape index (κ3) is 4.18. The Hall–Kier alpha value is -0.650. The zero-order valence-electron chi connectivity index (χ0n) is 13.1. The lowest BCUT2D eigenvalue weighted by molar-refractivity contribution is -0.123. The fourth-order valence-electron chi connectivity index (χ4n) is 4.22. The van der Waals surface area contributed by atoms with Gasteiger partial charge in [-0.2, -0.15) is 0 Å².